The fourth-order valence-corrected chi connectivity index (χ4v) is 4.00. The topological polar surface area (TPSA) is 94.2 Å². The van der Waals surface area contributed by atoms with E-state index in [1.165, 1.54) is 0 Å². The predicted molar refractivity (Wildman–Crippen MR) is 117 cm³/mol. The molecule has 1 atom stereocenters. The van der Waals surface area contributed by atoms with E-state index in [9.17, 15) is 9.59 Å². The molecule has 2 aromatic heterocycles. The molecule has 0 spiro atoms. The Labute approximate surface area is 179 Å². The average molecular weight is 424 g/mol. The third kappa shape index (κ3) is 4.13. The van der Waals surface area contributed by atoms with Gasteiger partial charge in [0, 0.05) is 44.8 Å². The predicted octanol–water partition coefficient (Wildman–Crippen LogP) is 1.84. The summed E-state index contributed by atoms with van der Waals surface area (Å²) in [5.74, 6) is -0.639. The van der Waals surface area contributed by atoms with Gasteiger partial charge in [0.25, 0.3) is 11.5 Å². The van der Waals surface area contributed by atoms with Crippen LogP contribution in [-0.2, 0) is 6.54 Å². The second-order valence-electron chi connectivity index (χ2n) is 7.84. The summed E-state index contributed by atoms with van der Waals surface area (Å²) in [4.78, 5) is 39.0. The number of piperazine rings is 1. The van der Waals surface area contributed by atoms with Crippen LogP contribution in [0, 0.1) is 12.7 Å². The number of rotatable bonds is 4. The molecule has 4 rings (SSSR count). The summed E-state index contributed by atoms with van der Waals surface area (Å²) in [5, 5.41) is 2.56. The van der Waals surface area contributed by atoms with Crippen LogP contribution in [0.5, 0.6) is 0 Å². The largest absolute Gasteiger partial charge is 0.365 e. The quantitative estimate of drug-likeness (QED) is 0.664. The minimum absolute atomic E-state index is 0.155. The van der Waals surface area contributed by atoms with Gasteiger partial charge in [-0.1, -0.05) is 6.07 Å². The molecule has 0 aliphatic carbocycles. The van der Waals surface area contributed by atoms with Crippen LogP contribution < -0.4 is 15.8 Å². The third-order valence-corrected chi connectivity index (χ3v) is 5.70. The molecule has 0 unspecified atom stereocenters. The number of carbonyl (C=O) groups is 1. The van der Waals surface area contributed by atoms with Crippen molar-refractivity contribution in [2.24, 2.45) is 0 Å². The van der Waals surface area contributed by atoms with Gasteiger partial charge in [0.05, 0.1) is 17.4 Å². The minimum atomic E-state index is -0.425. The van der Waals surface area contributed by atoms with Gasteiger partial charge in [-0.25, -0.2) is 14.4 Å². The molecule has 1 aliphatic heterocycles. The van der Waals surface area contributed by atoms with Crippen molar-refractivity contribution in [1.29, 1.82) is 0 Å². The number of pyridine rings is 1. The van der Waals surface area contributed by atoms with Crippen molar-refractivity contribution in [3.8, 4) is 0 Å². The van der Waals surface area contributed by atoms with Crippen LogP contribution in [0.15, 0.2) is 35.3 Å². The Morgan fingerprint density at radius 1 is 1.29 bits per heavy atom. The molecule has 8 nitrogen and oxygen atoms in total. The SMILES string of the molecule is CNC(=O)c1ccc(N2CCN(Cc3ccc4nc(C)c(=O)[nH]c4c3F)C[C@@H]2C)cn1. The monoisotopic (exact) mass is 424 g/mol. The van der Waals surface area contributed by atoms with Crippen LogP contribution in [-0.4, -0.2) is 58.5 Å². The lowest BCUT2D eigenvalue weighted by Gasteiger charge is -2.41. The van der Waals surface area contributed by atoms with Crippen molar-refractivity contribution in [2.75, 3.05) is 31.6 Å². The van der Waals surface area contributed by atoms with Gasteiger partial charge in [0.1, 0.15) is 16.9 Å². The molecule has 2 N–H and O–H groups in total. The van der Waals surface area contributed by atoms with E-state index in [0.29, 0.717) is 29.0 Å². The number of aryl methyl sites for hydroxylation is 1. The molecule has 162 valence electrons. The zero-order chi connectivity index (χ0) is 22.1. The van der Waals surface area contributed by atoms with E-state index in [1.54, 1.807) is 38.4 Å². The molecule has 0 bridgehead atoms. The number of hydrogen-bond donors (Lipinski definition) is 2. The fourth-order valence-electron chi connectivity index (χ4n) is 4.00. The first-order chi connectivity index (χ1) is 14.9. The number of benzene rings is 1. The lowest BCUT2D eigenvalue weighted by molar-refractivity contribution is 0.0958. The first-order valence-electron chi connectivity index (χ1n) is 10.2. The Morgan fingerprint density at radius 3 is 2.77 bits per heavy atom. The molecule has 0 saturated carbocycles. The average Bonchev–Trinajstić information content (AvgIpc) is 2.77. The molecule has 9 heteroatoms. The van der Waals surface area contributed by atoms with Gasteiger partial charge in [0.2, 0.25) is 0 Å². The molecule has 1 fully saturated rings. The van der Waals surface area contributed by atoms with Crippen molar-refractivity contribution in [1.82, 2.24) is 25.2 Å². The third-order valence-electron chi connectivity index (χ3n) is 5.70. The Bertz CT molecular complexity index is 1180. The molecular weight excluding hydrogens is 399 g/mol. The number of halogens is 1. The Balaban J connectivity index is 1.47. The number of nitrogens with zero attached hydrogens (tertiary/aromatic N) is 4. The van der Waals surface area contributed by atoms with Gasteiger partial charge in [-0.3, -0.25) is 14.5 Å². The van der Waals surface area contributed by atoms with Crippen molar-refractivity contribution in [2.45, 2.75) is 26.4 Å². The highest BCUT2D eigenvalue weighted by atomic mass is 19.1. The van der Waals surface area contributed by atoms with E-state index in [-0.39, 0.29) is 23.0 Å². The lowest BCUT2D eigenvalue weighted by Crippen LogP contribution is -2.51. The number of nitrogens with one attached hydrogen (secondary N) is 2. The van der Waals surface area contributed by atoms with Crippen molar-refractivity contribution >= 4 is 22.6 Å². The van der Waals surface area contributed by atoms with Crippen LogP contribution in [0.1, 0.15) is 28.7 Å². The normalized spacial score (nSPS) is 17.2. The molecule has 3 aromatic rings. The fraction of sp³-hybridized carbons (Fsp3) is 0.364. The number of aromatic amines is 1. The number of aromatic nitrogens is 3. The van der Waals surface area contributed by atoms with Crippen LogP contribution >= 0.6 is 0 Å². The standard InChI is InChI=1S/C22H25FN6O2/c1-13-11-28(8-9-29(13)16-5-7-18(25-10-16)22(31)24-3)12-15-4-6-17-20(19(15)23)27-21(30)14(2)26-17/h4-7,10,13H,8-9,11-12H2,1-3H3,(H,24,31)(H,27,30)/t13-/m0/s1. The van der Waals surface area contributed by atoms with Crippen molar-refractivity contribution < 1.29 is 9.18 Å². The molecule has 1 amide bonds. The van der Waals surface area contributed by atoms with Gasteiger partial charge < -0.3 is 15.2 Å². The maximum atomic E-state index is 15.0. The van der Waals surface area contributed by atoms with Gasteiger partial charge in [-0.15, -0.1) is 0 Å². The molecule has 31 heavy (non-hydrogen) atoms. The smallest absolute Gasteiger partial charge is 0.269 e. The van der Waals surface area contributed by atoms with Crippen LogP contribution in [0.4, 0.5) is 10.1 Å². The molecule has 0 radical (unpaired) electrons. The summed E-state index contributed by atoms with van der Waals surface area (Å²) < 4.78 is 15.0. The highest BCUT2D eigenvalue weighted by molar-refractivity contribution is 5.92. The van der Waals surface area contributed by atoms with Gasteiger partial charge >= 0.3 is 0 Å². The van der Waals surface area contributed by atoms with Crippen molar-refractivity contribution in [3.05, 3.63) is 63.6 Å². The minimum Gasteiger partial charge on any atom is -0.365 e. The molecule has 1 aliphatic rings. The number of fused-ring (bicyclic) bond motifs is 1. The molecular formula is C22H25FN6O2. The van der Waals surface area contributed by atoms with Crippen LogP contribution in [0.2, 0.25) is 0 Å². The summed E-state index contributed by atoms with van der Waals surface area (Å²) in [5.41, 5.74) is 2.42. The Morgan fingerprint density at radius 2 is 2.10 bits per heavy atom. The number of carbonyl (C=O) groups excluding carboxylic acids is 1. The molecule has 3 heterocycles. The number of H-pyrrole nitrogens is 1. The first-order valence-corrected chi connectivity index (χ1v) is 10.2. The van der Waals surface area contributed by atoms with Gasteiger partial charge in [-0.2, -0.15) is 0 Å². The summed E-state index contributed by atoms with van der Waals surface area (Å²) >= 11 is 0. The van der Waals surface area contributed by atoms with E-state index < -0.39 is 5.82 Å². The Kier molecular flexibility index (Phi) is 5.69. The van der Waals surface area contributed by atoms with E-state index in [0.717, 1.165) is 25.3 Å². The molecule has 1 saturated heterocycles. The highest BCUT2D eigenvalue weighted by Crippen LogP contribution is 2.23. The first kappa shape index (κ1) is 20.9. The van der Waals surface area contributed by atoms with E-state index in [1.807, 2.05) is 6.07 Å². The van der Waals surface area contributed by atoms with Crippen molar-refractivity contribution in [3.63, 3.8) is 0 Å². The Hall–Kier alpha value is -3.33. The zero-order valence-corrected chi connectivity index (χ0v) is 17.8. The second-order valence-corrected chi connectivity index (χ2v) is 7.84. The van der Waals surface area contributed by atoms with Gasteiger partial charge in [0.15, 0.2) is 5.82 Å². The lowest BCUT2D eigenvalue weighted by atomic mass is 10.1. The van der Waals surface area contributed by atoms with E-state index in [4.69, 9.17) is 0 Å². The maximum absolute atomic E-state index is 15.0. The summed E-state index contributed by atoms with van der Waals surface area (Å²) in [6.45, 7) is 6.42. The van der Waals surface area contributed by atoms with Gasteiger partial charge in [-0.05, 0) is 32.0 Å². The number of hydrogen-bond acceptors (Lipinski definition) is 6. The van der Waals surface area contributed by atoms with Crippen LogP contribution in [0.3, 0.4) is 0 Å². The summed E-state index contributed by atoms with van der Waals surface area (Å²) in [6.07, 6.45) is 1.71. The molecule has 1 aromatic carbocycles. The highest BCUT2D eigenvalue weighted by Gasteiger charge is 2.25. The number of anilines is 1. The maximum Gasteiger partial charge on any atom is 0.269 e. The van der Waals surface area contributed by atoms with E-state index in [2.05, 4.69) is 37.0 Å². The second kappa shape index (κ2) is 8.43. The number of amides is 1. The zero-order valence-electron chi connectivity index (χ0n) is 17.8. The van der Waals surface area contributed by atoms with E-state index >= 15 is 4.39 Å². The summed E-state index contributed by atoms with van der Waals surface area (Å²) in [7, 11) is 1.58. The summed E-state index contributed by atoms with van der Waals surface area (Å²) in [6, 6.07) is 7.29. The van der Waals surface area contributed by atoms with Crippen LogP contribution in [0.25, 0.3) is 11.0 Å².